The van der Waals surface area contributed by atoms with Crippen molar-refractivity contribution in [2.45, 2.75) is 13.8 Å². The predicted octanol–water partition coefficient (Wildman–Crippen LogP) is 2.66. The lowest BCUT2D eigenvalue weighted by Gasteiger charge is -2.05. The molecular weight excluding hydrogens is 204 g/mol. The SMILES string of the molecule is CCOc1ccc(/C(C)=C/C(=O)OC)cc1. The van der Waals surface area contributed by atoms with Crippen LogP contribution in [0.1, 0.15) is 19.4 Å². The molecule has 86 valence electrons. The van der Waals surface area contributed by atoms with Gasteiger partial charge in [0, 0.05) is 6.08 Å². The predicted molar refractivity (Wildman–Crippen MR) is 63.3 cm³/mol. The Hall–Kier alpha value is -1.77. The largest absolute Gasteiger partial charge is 0.494 e. The Bertz CT molecular complexity index is 377. The van der Waals surface area contributed by atoms with Crippen LogP contribution >= 0.6 is 0 Å². The molecule has 0 aliphatic carbocycles. The molecule has 0 aromatic heterocycles. The minimum Gasteiger partial charge on any atom is -0.494 e. The summed E-state index contributed by atoms with van der Waals surface area (Å²) in [6.45, 7) is 4.46. The van der Waals surface area contributed by atoms with E-state index in [1.807, 2.05) is 38.1 Å². The van der Waals surface area contributed by atoms with Crippen LogP contribution in [-0.2, 0) is 9.53 Å². The van der Waals surface area contributed by atoms with Crippen LogP contribution in [0.5, 0.6) is 5.75 Å². The molecule has 0 bridgehead atoms. The van der Waals surface area contributed by atoms with Crippen molar-refractivity contribution in [3.63, 3.8) is 0 Å². The smallest absolute Gasteiger partial charge is 0.330 e. The minimum atomic E-state index is -0.341. The van der Waals surface area contributed by atoms with Gasteiger partial charge >= 0.3 is 5.97 Å². The molecule has 3 nitrogen and oxygen atoms in total. The lowest BCUT2D eigenvalue weighted by Crippen LogP contribution is -1.96. The van der Waals surface area contributed by atoms with E-state index in [1.54, 1.807) is 0 Å². The van der Waals surface area contributed by atoms with Gasteiger partial charge in [-0.05, 0) is 37.1 Å². The zero-order valence-corrected chi connectivity index (χ0v) is 9.82. The number of methoxy groups -OCH3 is 1. The molecule has 0 atom stereocenters. The van der Waals surface area contributed by atoms with E-state index in [1.165, 1.54) is 13.2 Å². The summed E-state index contributed by atoms with van der Waals surface area (Å²) in [4.78, 5) is 11.0. The van der Waals surface area contributed by atoms with Crippen molar-refractivity contribution in [3.05, 3.63) is 35.9 Å². The van der Waals surface area contributed by atoms with E-state index < -0.39 is 0 Å². The van der Waals surface area contributed by atoms with Gasteiger partial charge in [-0.2, -0.15) is 0 Å². The number of ether oxygens (including phenoxy) is 2. The topological polar surface area (TPSA) is 35.5 Å². The van der Waals surface area contributed by atoms with Gasteiger partial charge in [-0.25, -0.2) is 4.79 Å². The molecule has 0 saturated heterocycles. The van der Waals surface area contributed by atoms with E-state index in [4.69, 9.17) is 4.74 Å². The zero-order chi connectivity index (χ0) is 12.0. The van der Waals surface area contributed by atoms with Gasteiger partial charge in [0.25, 0.3) is 0 Å². The monoisotopic (exact) mass is 220 g/mol. The van der Waals surface area contributed by atoms with Gasteiger partial charge in [0.2, 0.25) is 0 Å². The average Bonchev–Trinajstić information content (AvgIpc) is 2.30. The van der Waals surface area contributed by atoms with E-state index in [2.05, 4.69) is 4.74 Å². The summed E-state index contributed by atoms with van der Waals surface area (Å²) in [5, 5.41) is 0. The Kier molecular flexibility index (Phi) is 4.58. The number of allylic oxidation sites excluding steroid dienone is 1. The lowest BCUT2D eigenvalue weighted by molar-refractivity contribution is -0.134. The Morgan fingerprint density at radius 2 is 1.94 bits per heavy atom. The van der Waals surface area contributed by atoms with E-state index >= 15 is 0 Å². The second kappa shape index (κ2) is 5.95. The van der Waals surface area contributed by atoms with Crippen LogP contribution in [0.15, 0.2) is 30.3 Å². The van der Waals surface area contributed by atoms with Gasteiger partial charge in [-0.15, -0.1) is 0 Å². The molecule has 0 aliphatic heterocycles. The first-order valence-electron chi connectivity index (χ1n) is 5.17. The van der Waals surface area contributed by atoms with Gasteiger partial charge in [-0.1, -0.05) is 12.1 Å². The third-order valence-electron chi connectivity index (χ3n) is 2.16. The molecule has 1 aromatic rings. The first-order valence-corrected chi connectivity index (χ1v) is 5.17. The third-order valence-corrected chi connectivity index (χ3v) is 2.16. The highest BCUT2D eigenvalue weighted by atomic mass is 16.5. The Balaban J connectivity index is 2.81. The summed E-state index contributed by atoms with van der Waals surface area (Å²) in [6.07, 6.45) is 1.47. The summed E-state index contributed by atoms with van der Waals surface area (Å²) < 4.78 is 9.90. The molecule has 0 spiro atoms. The van der Waals surface area contributed by atoms with Gasteiger partial charge in [0.05, 0.1) is 13.7 Å². The van der Waals surface area contributed by atoms with Crippen LogP contribution < -0.4 is 4.74 Å². The number of carbonyl (C=O) groups is 1. The molecule has 0 unspecified atom stereocenters. The molecule has 16 heavy (non-hydrogen) atoms. The van der Waals surface area contributed by atoms with Crippen molar-refractivity contribution in [1.82, 2.24) is 0 Å². The summed E-state index contributed by atoms with van der Waals surface area (Å²) in [5.74, 6) is 0.489. The quantitative estimate of drug-likeness (QED) is 0.578. The second-order valence-electron chi connectivity index (χ2n) is 3.31. The highest BCUT2D eigenvalue weighted by molar-refractivity contribution is 5.90. The Morgan fingerprint density at radius 1 is 1.31 bits per heavy atom. The number of carbonyl (C=O) groups excluding carboxylic acids is 1. The fourth-order valence-electron chi connectivity index (χ4n) is 1.30. The zero-order valence-electron chi connectivity index (χ0n) is 9.82. The van der Waals surface area contributed by atoms with E-state index in [0.717, 1.165) is 16.9 Å². The summed E-state index contributed by atoms with van der Waals surface area (Å²) in [6, 6.07) is 7.60. The molecule has 0 radical (unpaired) electrons. The Morgan fingerprint density at radius 3 is 2.44 bits per heavy atom. The van der Waals surface area contributed by atoms with Gasteiger partial charge in [0.1, 0.15) is 5.75 Å². The van der Waals surface area contributed by atoms with Crippen LogP contribution in [0.25, 0.3) is 5.57 Å². The molecule has 0 heterocycles. The molecule has 0 fully saturated rings. The number of esters is 1. The van der Waals surface area contributed by atoms with Gasteiger partial charge in [-0.3, -0.25) is 0 Å². The van der Waals surface area contributed by atoms with Gasteiger partial charge < -0.3 is 9.47 Å². The number of hydrogen-bond acceptors (Lipinski definition) is 3. The first-order chi connectivity index (χ1) is 7.67. The maximum Gasteiger partial charge on any atom is 0.330 e. The standard InChI is InChI=1S/C13H16O3/c1-4-16-12-7-5-11(6-8-12)10(2)9-13(14)15-3/h5-9H,4H2,1-3H3/b10-9+. The van der Waals surface area contributed by atoms with Crippen molar-refractivity contribution in [1.29, 1.82) is 0 Å². The van der Waals surface area contributed by atoms with Crippen molar-refractivity contribution in [3.8, 4) is 5.75 Å². The fraction of sp³-hybridized carbons (Fsp3) is 0.308. The maximum absolute atomic E-state index is 11.0. The van der Waals surface area contributed by atoms with Crippen molar-refractivity contribution in [2.75, 3.05) is 13.7 Å². The minimum absolute atomic E-state index is 0.341. The van der Waals surface area contributed by atoms with Crippen LogP contribution in [-0.4, -0.2) is 19.7 Å². The van der Waals surface area contributed by atoms with Crippen LogP contribution in [0.3, 0.4) is 0 Å². The van der Waals surface area contributed by atoms with Crippen molar-refractivity contribution < 1.29 is 14.3 Å². The normalized spacial score (nSPS) is 11.1. The molecule has 0 aliphatic rings. The van der Waals surface area contributed by atoms with E-state index in [0.29, 0.717) is 6.61 Å². The molecule has 0 amide bonds. The lowest BCUT2D eigenvalue weighted by atomic mass is 10.1. The molecule has 1 aromatic carbocycles. The Labute approximate surface area is 95.7 Å². The van der Waals surface area contributed by atoms with Crippen molar-refractivity contribution in [2.24, 2.45) is 0 Å². The highest BCUT2D eigenvalue weighted by Gasteiger charge is 2.00. The van der Waals surface area contributed by atoms with E-state index in [9.17, 15) is 4.79 Å². The molecule has 1 rings (SSSR count). The first kappa shape index (κ1) is 12.3. The number of hydrogen-bond donors (Lipinski definition) is 0. The highest BCUT2D eigenvalue weighted by Crippen LogP contribution is 2.18. The molecule has 0 saturated carbocycles. The van der Waals surface area contributed by atoms with Crippen molar-refractivity contribution >= 4 is 11.5 Å². The summed E-state index contributed by atoms with van der Waals surface area (Å²) >= 11 is 0. The summed E-state index contributed by atoms with van der Waals surface area (Å²) in [5.41, 5.74) is 1.85. The van der Waals surface area contributed by atoms with Gasteiger partial charge in [0.15, 0.2) is 0 Å². The number of rotatable bonds is 4. The number of benzene rings is 1. The fourth-order valence-corrected chi connectivity index (χ4v) is 1.30. The van der Waals surface area contributed by atoms with Crippen LogP contribution in [0.4, 0.5) is 0 Å². The van der Waals surface area contributed by atoms with Crippen LogP contribution in [0, 0.1) is 0 Å². The average molecular weight is 220 g/mol. The third kappa shape index (κ3) is 3.42. The molecule has 3 heteroatoms. The summed E-state index contributed by atoms with van der Waals surface area (Å²) in [7, 11) is 1.37. The second-order valence-corrected chi connectivity index (χ2v) is 3.31. The molecular formula is C13H16O3. The van der Waals surface area contributed by atoms with E-state index in [-0.39, 0.29) is 5.97 Å². The maximum atomic E-state index is 11.0. The van der Waals surface area contributed by atoms with Crippen LogP contribution in [0.2, 0.25) is 0 Å². The molecule has 0 N–H and O–H groups in total.